The van der Waals surface area contributed by atoms with Crippen molar-refractivity contribution in [3.05, 3.63) is 28.0 Å². The number of hydrogen-bond donors (Lipinski definition) is 1. The molecule has 0 spiro atoms. The maximum absolute atomic E-state index is 11.8. The van der Waals surface area contributed by atoms with Gasteiger partial charge in [0, 0.05) is 6.61 Å². The Morgan fingerprint density at radius 1 is 1.40 bits per heavy atom. The number of esters is 1. The number of halogens is 3. The third-order valence-electron chi connectivity index (χ3n) is 2.23. The monoisotopic (exact) mass is 324 g/mol. The molecule has 1 atom stereocenters. The Kier molecular flexibility index (Phi) is 7.76. The van der Waals surface area contributed by atoms with E-state index in [1.165, 1.54) is 12.1 Å². The summed E-state index contributed by atoms with van der Waals surface area (Å²) in [5.74, 6) is -0.616. The molecule has 8 heteroatoms. The molecule has 0 fully saturated rings. The predicted molar refractivity (Wildman–Crippen MR) is 73.4 cm³/mol. The zero-order valence-electron chi connectivity index (χ0n) is 10.7. The average Bonchev–Trinajstić information content (AvgIpc) is 2.39. The SMILES string of the molecule is N[C@@H](COCCCF)C(=O)OCc1cc(Cl)nc(Cl)c1. The fourth-order valence-corrected chi connectivity index (χ4v) is 1.80. The summed E-state index contributed by atoms with van der Waals surface area (Å²) >= 11 is 11.4. The first-order valence-corrected chi connectivity index (χ1v) is 6.66. The summed E-state index contributed by atoms with van der Waals surface area (Å²) in [5.41, 5.74) is 6.17. The molecule has 20 heavy (non-hydrogen) atoms. The predicted octanol–water partition coefficient (Wildman–Crippen LogP) is 2.14. The van der Waals surface area contributed by atoms with Gasteiger partial charge < -0.3 is 15.2 Å². The average molecular weight is 325 g/mol. The molecule has 0 unspecified atom stereocenters. The van der Waals surface area contributed by atoms with Crippen LogP contribution in [0.3, 0.4) is 0 Å². The maximum atomic E-state index is 11.8. The van der Waals surface area contributed by atoms with Gasteiger partial charge in [-0.2, -0.15) is 0 Å². The van der Waals surface area contributed by atoms with E-state index in [9.17, 15) is 9.18 Å². The van der Waals surface area contributed by atoms with Crippen LogP contribution in [-0.4, -0.2) is 36.9 Å². The normalized spacial score (nSPS) is 12.2. The van der Waals surface area contributed by atoms with Gasteiger partial charge in [-0.1, -0.05) is 23.2 Å². The van der Waals surface area contributed by atoms with Crippen molar-refractivity contribution in [2.75, 3.05) is 19.9 Å². The van der Waals surface area contributed by atoms with Gasteiger partial charge in [-0.25, -0.2) is 4.98 Å². The number of ether oxygens (including phenoxy) is 2. The number of carbonyl (C=O) groups excluding carboxylic acids is 1. The molecule has 0 aliphatic heterocycles. The molecule has 0 aliphatic rings. The third-order valence-corrected chi connectivity index (χ3v) is 2.61. The number of nitrogens with zero attached hydrogens (tertiary/aromatic N) is 1. The lowest BCUT2D eigenvalue weighted by Gasteiger charge is -2.12. The first-order valence-electron chi connectivity index (χ1n) is 5.91. The molecule has 0 saturated carbocycles. The van der Waals surface area contributed by atoms with Crippen LogP contribution >= 0.6 is 23.2 Å². The number of rotatable bonds is 8. The molecule has 1 aromatic rings. The molecule has 0 radical (unpaired) electrons. The number of pyridine rings is 1. The molecule has 0 amide bonds. The Balaban J connectivity index is 2.34. The van der Waals surface area contributed by atoms with Crippen molar-refractivity contribution in [2.45, 2.75) is 19.1 Å². The van der Waals surface area contributed by atoms with Crippen LogP contribution in [0.25, 0.3) is 0 Å². The molecule has 1 aromatic heterocycles. The highest BCUT2D eigenvalue weighted by molar-refractivity contribution is 6.32. The lowest BCUT2D eigenvalue weighted by atomic mass is 10.3. The Morgan fingerprint density at radius 3 is 2.65 bits per heavy atom. The minimum Gasteiger partial charge on any atom is -0.460 e. The highest BCUT2D eigenvalue weighted by Gasteiger charge is 2.15. The third kappa shape index (κ3) is 6.47. The van der Waals surface area contributed by atoms with E-state index in [1.807, 2.05) is 0 Å². The van der Waals surface area contributed by atoms with Crippen molar-refractivity contribution >= 4 is 29.2 Å². The fraction of sp³-hybridized carbons (Fsp3) is 0.500. The number of aromatic nitrogens is 1. The minimum atomic E-state index is -0.914. The van der Waals surface area contributed by atoms with E-state index >= 15 is 0 Å². The first-order chi connectivity index (χ1) is 9.52. The lowest BCUT2D eigenvalue weighted by Crippen LogP contribution is -2.36. The van der Waals surface area contributed by atoms with Crippen LogP contribution in [0.15, 0.2) is 12.1 Å². The fourth-order valence-electron chi connectivity index (χ4n) is 1.29. The zero-order valence-corrected chi connectivity index (χ0v) is 12.2. The molecule has 1 rings (SSSR count). The topological polar surface area (TPSA) is 74.4 Å². The second-order valence-corrected chi connectivity index (χ2v) is 4.73. The molecule has 1 heterocycles. The van der Waals surface area contributed by atoms with Gasteiger partial charge in [0.25, 0.3) is 0 Å². The van der Waals surface area contributed by atoms with Crippen LogP contribution in [0.1, 0.15) is 12.0 Å². The summed E-state index contributed by atoms with van der Waals surface area (Å²) in [6, 6.07) is 2.15. The molecule has 5 nitrogen and oxygen atoms in total. The van der Waals surface area contributed by atoms with E-state index in [0.717, 1.165) is 0 Å². The van der Waals surface area contributed by atoms with E-state index in [4.69, 9.17) is 38.4 Å². The van der Waals surface area contributed by atoms with Gasteiger partial charge >= 0.3 is 5.97 Å². The van der Waals surface area contributed by atoms with Gasteiger partial charge in [-0.05, 0) is 24.1 Å². The van der Waals surface area contributed by atoms with Crippen LogP contribution in [0.4, 0.5) is 4.39 Å². The number of nitrogens with two attached hydrogens (primary N) is 1. The van der Waals surface area contributed by atoms with Gasteiger partial charge in [0.05, 0.1) is 13.3 Å². The van der Waals surface area contributed by atoms with E-state index in [2.05, 4.69) is 4.98 Å². The molecule has 0 aliphatic carbocycles. The second kappa shape index (κ2) is 9.07. The lowest BCUT2D eigenvalue weighted by molar-refractivity contribution is -0.148. The summed E-state index contributed by atoms with van der Waals surface area (Å²) in [6.07, 6.45) is 0.274. The molecule has 0 saturated heterocycles. The largest absolute Gasteiger partial charge is 0.460 e. The van der Waals surface area contributed by atoms with Crippen LogP contribution in [-0.2, 0) is 20.9 Å². The van der Waals surface area contributed by atoms with Gasteiger partial charge in [-0.3, -0.25) is 9.18 Å². The van der Waals surface area contributed by atoms with Crippen molar-refractivity contribution in [1.29, 1.82) is 0 Å². The Bertz CT molecular complexity index is 428. The summed E-state index contributed by atoms with van der Waals surface area (Å²) in [4.78, 5) is 15.3. The molecule has 0 bridgehead atoms. The van der Waals surface area contributed by atoms with Crippen LogP contribution in [0, 0.1) is 0 Å². The van der Waals surface area contributed by atoms with Crippen molar-refractivity contribution in [3.63, 3.8) is 0 Å². The van der Waals surface area contributed by atoms with Gasteiger partial charge in [0.2, 0.25) is 0 Å². The minimum absolute atomic E-state index is 0.0149. The number of carbonyl (C=O) groups is 1. The number of alkyl halides is 1. The van der Waals surface area contributed by atoms with E-state index in [1.54, 1.807) is 0 Å². The second-order valence-electron chi connectivity index (χ2n) is 3.95. The first kappa shape index (κ1) is 17.1. The maximum Gasteiger partial charge on any atom is 0.325 e. The van der Waals surface area contributed by atoms with Crippen molar-refractivity contribution in [2.24, 2.45) is 5.73 Å². The van der Waals surface area contributed by atoms with Crippen LogP contribution < -0.4 is 5.73 Å². The quantitative estimate of drug-likeness (QED) is 0.450. The van der Waals surface area contributed by atoms with Crippen LogP contribution in [0.5, 0.6) is 0 Å². The number of hydrogen-bond acceptors (Lipinski definition) is 5. The summed E-state index contributed by atoms with van der Waals surface area (Å²) in [5, 5.41) is 0.421. The van der Waals surface area contributed by atoms with Gasteiger partial charge in [0.1, 0.15) is 23.0 Å². The Morgan fingerprint density at radius 2 is 2.05 bits per heavy atom. The summed E-state index contributed by atoms with van der Waals surface area (Å²) < 4.78 is 21.8. The van der Waals surface area contributed by atoms with Crippen molar-refractivity contribution in [1.82, 2.24) is 4.98 Å². The van der Waals surface area contributed by atoms with Crippen molar-refractivity contribution < 1.29 is 18.7 Å². The van der Waals surface area contributed by atoms with Gasteiger partial charge in [-0.15, -0.1) is 0 Å². The molecular formula is C12H15Cl2FN2O3. The van der Waals surface area contributed by atoms with E-state index < -0.39 is 18.7 Å². The Hall–Kier alpha value is -0.950. The highest BCUT2D eigenvalue weighted by Crippen LogP contribution is 2.15. The Labute approximate surface area is 126 Å². The molecule has 0 aromatic carbocycles. The van der Waals surface area contributed by atoms with E-state index in [0.29, 0.717) is 5.56 Å². The molecule has 2 N–H and O–H groups in total. The zero-order chi connectivity index (χ0) is 15.0. The van der Waals surface area contributed by atoms with Crippen LogP contribution in [0.2, 0.25) is 10.3 Å². The van der Waals surface area contributed by atoms with Gasteiger partial charge in [0.15, 0.2) is 0 Å². The van der Waals surface area contributed by atoms with E-state index in [-0.39, 0.29) is 36.5 Å². The smallest absolute Gasteiger partial charge is 0.325 e. The van der Waals surface area contributed by atoms with Crippen molar-refractivity contribution in [3.8, 4) is 0 Å². The molecule has 112 valence electrons. The molecular weight excluding hydrogens is 310 g/mol. The summed E-state index contributed by atoms with van der Waals surface area (Å²) in [6.45, 7) is -0.286. The highest BCUT2D eigenvalue weighted by atomic mass is 35.5. The standard InChI is InChI=1S/C12H15Cl2FN2O3/c13-10-4-8(5-11(14)17-10)6-20-12(18)9(16)7-19-3-1-2-15/h4-5,9H,1-3,6-7,16H2/t9-/m0/s1. The summed E-state index contributed by atoms with van der Waals surface area (Å²) in [7, 11) is 0.